The molecule has 0 amide bonds. The quantitative estimate of drug-likeness (QED) is 0.353. The van der Waals surface area contributed by atoms with Gasteiger partial charge in [0.15, 0.2) is 5.96 Å². The fourth-order valence-electron chi connectivity index (χ4n) is 4.43. The van der Waals surface area contributed by atoms with Crippen LogP contribution in [-0.4, -0.2) is 61.7 Å². The number of benzene rings is 1. The van der Waals surface area contributed by atoms with Gasteiger partial charge in [0.1, 0.15) is 0 Å². The van der Waals surface area contributed by atoms with Crippen molar-refractivity contribution < 1.29 is 4.74 Å². The monoisotopic (exact) mass is 514 g/mol. The van der Waals surface area contributed by atoms with Crippen LogP contribution in [0.15, 0.2) is 29.3 Å². The standard InChI is InChI=1S/C23H38N4O.HI/c1-4-28-22-11-14-27(15-12-22)23(24-3)25-16-20-7-9-21(10-8-20)18-26-13-5-6-19(2)17-26;/h7-10,19,22H,4-6,11-18H2,1-3H3,(H,24,25);1H. The average Bonchev–Trinajstić information content (AvgIpc) is 2.71. The van der Waals surface area contributed by atoms with E-state index in [1.807, 2.05) is 7.05 Å². The Hall–Kier alpha value is -0.860. The van der Waals surface area contributed by atoms with Crippen molar-refractivity contribution in [2.75, 3.05) is 39.8 Å². The Morgan fingerprint density at radius 2 is 1.79 bits per heavy atom. The number of rotatable bonds is 6. The maximum Gasteiger partial charge on any atom is 0.193 e. The first-order chi connectivity index (χ1) is 13.7. The van der Waals surface area contributed by atoms with Gasteiger partial charge in [-0.15, -0.1) is 24.0 Å². The van der Waals surface area contributed by atoms with Crippen LogP contribution >= 0.6 is 24.0 Å². The van der Waals surface area contributed by atoms with E-state index in [2.05, 4.69) is 58.2 Å². The van der Waals surface area contributed by atoms with E-state index >= 15 is 0 Å². The van der Waals surface area contributed by atoms with E-state index in [1.165, 1.54) is 37.1 Å². The molecule has 29 heavy (non-hydrogen) atoms. The lowest BCUT2D eigenvalue weighted by atomic mass is 9.99. The van der Waals surface area contributed by atoms with E-state index in [9.17, 15) is 0 Å². The molecule has 0 radical (unpaired) electrons. The highest BCUT2D eigenvalue weighted by Gasteiger charge is 2.21. The minimum Gasteiger partial charge on any atom is -0.378 e. The van der Waals surface area contributed by atoms with Gasteiger partial charge < -0.3 is 15.0 Å². The number of hydrogen-bond donors (Lipinski definition) is 1. The van der Waals surface area contributed by atoms with Crippen LogP contribution in [-0.2, 0) is 17.8 Å². The Morgan fingerprint density at radius 1 is 1.10 bits per heavy atom. The zero-order valence-electron chi connectivity index (χ0n) is 18.4. The summed E-state index contributed by atoms with van der Waals surface area (Å²) in [5.74, 6) is 1.84. The molecule has 2 aliphatic rings. The molecule has 1 N–H and O–H groups in total. The lowest BCUT2D eigenvalue weighted by molar-refractivity contribution is 0.0263. The Balaban J connectivity index is 0.00000300. The third-order valence-corrected chi connectivity index (χ3v) is 5.98. The van der Waals surface area contributed by atoms with Gasteiger partial charge in [-0.25, -0.2) is 0 Å². The van der Waals surface area contributed by atoms with Crippen LogP contribution in [0.2, 0.25) is 0 Å². The van der Waals surface area contributed by atoms with Gasteiger partial charge in [-0.1, -0.05) is 31.2 Å². The first kappa shape index (κ1) is 24.4. The predicted molar refractivity (Wildman–Crippen MR) is 132 cm³/mol. The van der Waals surface area contributed by atoms with Crippen LogP contribution in [0.4, 0.5) is 0 Å². The van der Waals surface area contributed by atoms with Crippen molar-refractivity contribution in [3.05, 3.63) is 35.4 Å². The summed E-state index contributed by atoms with van der Waals surface area (Å²) in [5.41, 5.74) is 2.72. The highest BCUT2D eigenvalue weighted by molar-refractivity contribution is 14.0. The third kappa shape index (κ3) is 7.72. The van der Waals surface area contributed by atoms with Gasteiger partial charge in [-0.2, -0.15) is 0 Å². The van der Waals surface area contributed by atoms with Gasteiger partial charge in [0.25, 0.3) is 0 Å². The molecule has 0 spiro atoms. The van der Waals surface area contributed by atoms with Gasteiger partial charge in [-0.3, -0.25) is 9.89 Å². The number of piperidine rings is 2. The van der Waals surface area contributed by atoms with E-state index in [0.29, 0.717) is 6.10 Å². The number of guanidine groups is 1. The number of likely N-dealkylation sites (tertiary alicyclic amines) is 2. The normalized spacial score (nSPS) is 21.7. The molecule has 3 rings (SSSR count). The zero-order chi connectivity index (χ0) is 19.8. The summed E-state index contributed by atoms with van der Waals surface area (Å²) in [4.78, 5) is 9.42. The largest absolute Gasteiger partial charge is 0.378 e. The number of ether oxygens (including phenoxy) is 1. The van der Waals surface area contributed by atoms with Crippen molar-refractivity contribution in [2.24, 2.45) is 10.9 Å². The van der Waals surface area contributed by atoms with Crippen LogP contribution in [0.25, 0.3) is 0 Å². The van der Waals surface area contributed by atoms with Crippen molar-refractivity contribution in [1.29, 1.82) is 0 Å². The molecular weight excluding hydrogens is 475 g/mol. The summed E-state index contributed by atoms with van der Waals surface area (Å²) >= 11 is 0. The molecule has 1 aromatic carbocycles. The zero-order valence-corrected chi connectivity index (χ0v) is 20.7. The van der Waals surface area contributed by atoms with Crippen molar-refractivity contribution in [3.8, 4) is 0 Å². The first-order valence-electron chi connectivity index (χ1n) is 11.0. The summed E-state index contributed by atoms with van der Waals surface area (Å²) < 4.78 is 5.75. The molecule has 2 heterocycles. The first-order valence-corrected chi connectivity index (χ1v) is 11.0. The van der Waals surface area contributed by atoms with E-state index in [-0.39, 0.29) is 24.0 Å². The predicted octanol–water partition coefficient (Wildman–Crippen LogP) is 4.11. The molecule has 5 nitrogen and oxygen atoms in total. The van der Waals surface area contributed by atoms with Crippen LogP contribution in [0.3, 0.4) is 0 Å². The smallest absolute Gasteiger partial charge is 0.193 e. The molecule has 0 bridgehead atoms. The molecule has 6 heteroatoms. The molecule has 2 aliphatic heterocycles. The maximum absolute atomic E-state index is 5.75. The molecule has 2 fully saturated rings. The van der Waals surface area contributed by atoms with Crippen LogP contribution in [0.1, 0.15) is 50.7 Å². The molecule has 1 atom stereocenters. The van der Waals surface area contributed by atoms with Crippen LogP contribution in [0, 0.1) is 5.92 Å². The van der Waals surface area contributed by atoms with Gasteiger partial charge in [0.05, 0.1) is 6.10 Å². The minimum atomic E-state index is 0. The third-order valence-electron chi connectivity index (χ3n) is 5.98. The lowest BCUT2D eigenvalue weighted by Crippen LogP contribution is -2.46. The minimum absolute atomic E-state index is 0. The summed E-state index contributed by atoms with van der Waals surface area (Å²) in [7, 11) is 1.87. The second kappa shape index (κ2) is 12.7. The molecule has 2 saturated heterocycles. The van der Waals surface area contributed by atoms with Crippen molar-refractivity contribution >= 4 is 29.9 Å². The van der Waals surface area contributed by atoms with Gasteiger partial charge in [0, 0.05) is 46.4 Å². The van der Waals surface area contributed by atoms with E-state index in [4.69, 9.17) is 4.74 Å². The van der Waals surface area contributed by atoms with Gasteiger partial charge in [-0.05, 0) is 56.2 Å². The Morgan fingerprint density at radius 3 is 2.41 bits per heavy atom. The molecule has 0 saturated carbocycles. The summed E-state index contributed by atoms with van der Waals surface area (Å²) in [6, 6.07) is 9.08. The molecule has 164 valence electrons. The summed E-state index contributed by atoms with van der Waals surface area (Å²) in [6.07, 6.45) is 5.29. The number of nitrogens with one attached hydrogen (secondary N) is 1. The molecule has 0 aromatic heterocycles. The second-order valence-electron chi connectivity index (χ2n) is 8.34. The number of nitrogens with zero attached hydrogens (tertiary/aromatic N) is 3. The second-order valence-corrected chi connectivity index (χ2v) is 8.34. The van der Waals surface area contributed by atoms with E-state index in [1.54, 1.807) is 0 Å². The number of halogens is 1. The Bertz CT molecular complexity index is 614. The lowest BCUT2D eigenvalue weighted by Gasteiger charge is -2.34. The SMILES string of the molecule is CCOC1CCN(C(=NC)NCc2ccc(CN3CCCC(C)C3)cc2)CC1.I. The molecule has 1 aromatic rings. The van der Waals surface area contributed by atoms with Crippen molar-refractivity contribution in [2.45, 2.75) is 58.7 Å². The van der Waals surface area contributed by atoms with Gasteiger partial charge >= 0.3 is 0 Å². The average molecular weight is 514 g/mol. The Kier molecular flexibility index (Phi) is 10.7. The van der Waals surface area contributed by atoms with Gasteiger partial charge in [0.2, 0.25) is 0 Å². The number of aliphatic imine (C=N–C) groups is 1. The van der Waals surface area contributed by atoms with Crippen molar-refractivity contribution in [3.63, 3.8) is 0 Å². The topological polar surface area (TPSA) is 40.1 Å². The number of hydrogen-bond acceptors (Lipinski definition) is 3. The van der Waals surface area contributed by atoms with Crippen LogP contribution in [0.5, 0.6) is 0 Å². The highest BCUT2D eigenvalue weighted by atomic mass is 127. The fraction of sp³-hybridized carbons (Fsp3) is 0.696. The summed E-state index contributed by atoms with van der Waals surface area (Å²) in [6.45, 7) is 11.6. The fourth-order valence-corrected chi connectivity index (χ4v) is 4.43. The maximum atomic E-state index is 5.75. The molecule has 0 aliphatic carbocycles. The van der Waals surface area contributed by atoms with Crippen LogP contribution < -0.4 is 5.32 Å². The van der Waals surface area contributed by atoms with E-state index in [0.717, 1.165) is 57.5 Å². The summed E-state index contributed by atoms with van der Waals surface area (Å²) in [5, 5.41) is 3.53. The van der Waals surface area contributed by atoms with Crippen molar-refractivity contribution in [1.82, 2.24) is 15.1 Å². The molecule has 1 unspecified atom stereocenters. The molecular formula is C23H39IN4O. The Labute approximate surface area is 194 Å². The highest BCUT2D eigenvalue weighted by Crippen LogP contribution is 2.18. The van der Waals surface area contributed by atoms with E-state index < -0.39 is 0 Å².